The van der Waals surface area contributed by atoms with Crippen LogP contribution in [0.2, 0.25) is 0 Å². The van der Waals surface area contributed by atoms with Gasteiger partial charge in [0.25, 0.3) is 0 Å². The third-order valence-corrected chi connectivity index (χ3v) is 3.81. The van der Waals surface area contributed by atoms with Gasteiger partial charge in [-0.3, -0.25) is 4.90 Å². The maximum atomic E-state index is 3.67. The highest BCUT2D eigenvalue weighted by Crippen LogP contribution is 2.21. The zero-order valence-corrected chi connectivity index (χ0v) is 10.9. The molecule has 0 amide bonds. The molecule has 15 heavy (non-hydrogen) atoms. The van der Waals surface area contributed by atoms with Crippen LogP contribution in [0, 0.1) is 0 Å². The van der Waals surface area contributed by atoms with E-state index >= 15 is 0 Å². The lowest BCUT2D eigenvalue weighted by molar-refractivity contribution is 0.160. The lowest BCUT2D eigenvalue weighted by atomic mass is 10.0. The molecular formula is C13H28N2. The summed E-state index contributed by atoms with van der Waals surface area (Å²) in [6, 6.07) is 2.15. The molecule has 0 aromatic carbocycles. The molecular weight excluding hydrogens is 184 g/mol. The maximum absolute atomic E-state index is 3.67. The zero-order chi connectivity index (χ0) is 11.3. The fraction of sp³-hybridized carbons (Fsp3) is 1.00. The van der Waals surface area contributed by atoms with Crippen LogP contribution in [-0.4, -0.2) is 36.1 Å². The van der Waals surface area contributed by atoms with Gasteiger partial charge in [-0.2, -0.15) is 0 Å². The van der Waals surface area contributed by atoms with Gasteiger partial charge in [-0.15, -0.1) is 0 Å². The normalized spacial score (nSPS) is 26.8. The molecule has 3 atom stereocenters. The molecule has 0 radical (unpaired) electrons. The first-order chi connectivity index (χ1) is 7.20. The van der Waals surface area contributed by atoms with Crippen LogP contribution >= 0.6 is 0 Å². The van der Waals surface area contributed by atoms with Crippen molar-refractivity contribution < 1.29 is 0 Å². The lowest BCUT2D eigenvalue weighted by Gasteiger charge is -2.34. The van der Waals surface area contributed by atoms with Crippen molar-refractivity contribution in [1.29, 1.82) is 0 Å². The van der Waals surface area contributed by atoms with E-state index in [0.29, 0.717) is 12.1 Å². The molecule has 2 heteroatoms. The number of hydrogen-bond donors (Lipinski definition) is 1. The van der Waals surface area contributed by atoms with E-state index < -0.39 is 0 Å². The van der Waals surface area contributed by atoms with E-state index in [1.807, 2.05) is 0 Å². The summed E-state index contributed by atoms with van der Waals surface area (Å²) in [4.78, 5) is 2.68. The van der Waals surface area contributed by atoms with Gasteiger partial charge >= 0.3 is 0 Å². The SMILES string of the molecule is CCCNC(CC)C(C)N1CCCC1C. The largest absolute Gasteiger partial charge is 0.312 e. The molecule has 0 bridgehead atoms. The fourth-order valence-corrected chi connectivity index (χ4v) is 2.78. The molecule has 1 rings (SSSR count). The van der Waals surface area contributed by atoms with Crippen LogP contribution in [0.1, 0.15) is 53.4 Å². The monoisotopic (exact) mass is 212 g/mol. The van der Waals surface area contributed by atoms with E-state index in [-0.39, 0.29) is 0 Å². The summed E-state index contributed by atoms with van der Waals surface area (Å²) in [6.07, 6.45) is 5.24. The standard InChI is InChI=1S/C13H28N2/c1-5-9-14-13(6-2)12(4)15-10-7-8-11(15)3/h11-14H,5-10H2,1-4H3. The topological polar surface area (TPSA) is 15.3 Å². The van der Waals surface area contributed by atoms with Crippen molar-refractivity contribution in [3.05, 3.63) is 0 Å². The van der Waals surface area contributed by atoms with Gasteiger partial charge in [0, 0.05) is 18.1 Å². The van der Waals surface area contributed by atoms with Gasteiger partial charge in [0.15, 0.2) is 0 Å². The first-order valence-electron chi connectivity index (χ1n) is 6.69. The lowest BCUT2D eigenvalue weighted by Crippen LogP contribution is -2.49. The van der Waals surface area contributed by atoms with E-state index in [9.17, 15) is 0 Å². The summed E-state index contributed by atoms with van der Waals surface area (Å²) in [5.74, 6) is 0. The van der Waals surface area contributed by atoms with Gasteiger partial charge in [0.05, 0.1) is 0 Å². The van der Waals surface area contributed by atoms with Gasteiger partial charge < -0.3 is 5.32 Å². The Morgan fingerprint density at radius 1 is 1.40 bits per heavy atom. The Labute approximate surface area is 95.4 Å². The average Bonchev–Trinajstić information content (AvgIpc) is 2.65. The Balaban J connectivity index is 2.44. The summed E-state index contributed by atoms with van der Waals surface area (Å²) < 4.78 is 0. The Kier molecular flexibility index (Phi) is 5.62. The third kappa shape index (κ3) is 3.46. The number of rotatable bonds is 6. The van der Waals surface area contributed by atoms with Crippen molar-refractivity contribution in [3.8, 4) is 0 Å². The molecule has 1 saturated heterocycles. The predicted molar refractivity (Wildman–Crippen MR) is 67.2 cm³/mol. The number of nitrogens with one attached hydrogen (secondary N) is 1. The number of hydrogen-bond acceptors (Lipinski definition) is 2. The molecule has 0 aromatic rings. The summed E-state index contributed by atoms with van der Waals surface area (Å²) in [5, 5.41) is 3.67. The molecule has 1 N–H and O–H groups in total. The molecule has 1 fully saturated rings. The predicted octanol–water partition coefficient (Wildman–Crippen LogP) is 2.64. The molecule has 3 unspecified atom stereocenters. The maximum Gasteiger partial charge on any atom is 0.0223 e. The highest BCUT2D eigenvalue weighted by molar-refractivity contribution is 4.86. The highest BCUT2D eigenvalue weighted by atomic mass is 15.2. The molecule has 1 heterocycles. The fourth-order valence-electron chi connectivity index (χ4n) is 2.78. The highest BCUT2D eigenvalue weighted by Gasteiger charge is 2.28. The van der Waals surface area contributed by atoms with Crippen LogP contribution in [0.5, 0.6) is 0 Å². The van der Waals surface area contributed by atoms with E-state index in [2.05, 4.69) is 37.9 Å². The molecule has 0 aromatic heterocycles. The molecule has 0 saturated carbocycles. The van der Waals surface area contributed by atoms with Crippen molar-refractivity contribution in [2.75, 3.05) is 13.1 Å². The quantitative estimate of drug-likeness (QED) is 0.728. The molecule has 0 spiro atoms. The smallest absolute Gasteiger partial charge is 0.0223 e. The minimum Gasteiger partial charge on any atom is -0.312 e. The van der Waals surface area contributed by atoms with Gasteiger partial charge in [-0.05, 0) is 52.6 Å². The van der Waals surface area contributed by atoms with E-state index in [1.54, 1.807) is 0 Å². The minimum atomic E-state index is 0.672. The summed E-state index contributed by atoms with van der Waals surface area (Å²) in [7, 11) is 0. The van der Waals surface area contributed by atoms with Gasteiger partial charge in [0.2, 0.25) is 0 Å². The first-order valence-corrected chi connectivity index (χ1v) is 6.69. The van der Waals surface area contributed by atoms with E-state index in [4.69, 9.17) is 0 Å². The molecule has 1 aliphatic heterocycles. The van der Waals surface area contributed by atoms with Crippen molar-refractivity contribution in [1.82, 2.24) is 10.2 Å². The molecule has 2 nitrogen and oxygen atoms in total. The van der Waals surface area contributed by atoms with Gasteiger partial charge in [-0.25, -0.2) is 0 Å². The summed E-state index contributed by atoms with van der Waals surface area (Å²) >= 11 is 0. The Bertz CT molecular complexity index is 170. The van der Waals surface area contributed by atoms with Crippen LogP contribution in [0.15, 0.2) is 0 Å². The zero-order valence-electron chi connectivity index (χ0n) is 10.9. The number of nitrogens with zero attached hydrogens (tertiary/aromatic N) is 1. The van der Waals surface area contributed by atoms with Gasteiger partial charge in [0.1, 0.15) is 0 Å². The van der Waals surface area contributed by atoms with Crippen LogP contribution in [-0.2, 0) is 0 Å². The van der Waals surface area contributed by atoms with Crippen molar-refractivity contribution >= 4 is 0 Å². The van der Waals surface area contributed by atoms with E-state index in [1.165, 1.54) is 32.2 Å². The van der Waals surface area contributed by atoms with Crippen LogP contribution in [0.25, 0.3) is 0 Å². The van der Waals surface area contributed by atoms with Crippen LogP contribution in [0.3, 0.4) is 0 Å². The van der Waals surface area contributed by atoms with E-state index in [0.717, 1.165) is 12.6 Å². The Hall–Kier alpha value is -0.0800. The molecule has 1 aliphatic rings. The Morgan fingerprint density at radius 3 is 2.60 bits per heavy atom. The second-order valence-electron chi connectivity index (χ2n) is 4.94. The first kappa shape index (κ1) is 13.0. The van der Waals surface area contributed by atoms with Crippen LogP contribution < -0.4 is 5.32 Å². The summed E-state index contributed by atoms with van der Waals surface area (Å²) in [5.41, 5.74) is 0. The number of likely N-dealkylation sites (tertiary alicyclic amines) is 1. The molecule has 90 valence electrons. The molecule has 0 aliphatic carbocycles. The Morgan fingerprint density at radius 2 is 2.13 bits per heavy atom. The second kappa shape index (κ2) is 6.49. The van der Waals surface area contributed by atoms with Crippen molar-refractivity contribution in [2.24, 2.45) is 0 Å². The van der Waals surface area contributed by atoms with Gasteiger partial charge in [-0.1, -0.05) is 13.8 Å². The van der Waals surface area contributed by atoms with Crippen molar-refractivity contribution in [2.45, 2.75) is 71.5 Å². The van der Waals surface area contributed by atoms with Crippen LogP contribution in [0.4, 0.5) is 0 Å². The minimum absolute atomic E-state index is 0.672. The van der Waals surface area contributed by atoms with Crippen molar-refractivity contribution in [3.63, 3.8) is 0 Å². The summed E-state index contributed by atoms with van der Waals surface area (Å²) in [6.45, 7) is 11.7. The average molecular weight is 212 g/mol. The third-order valence-electron chi connectivity index (χ3n) is 3.81. The second-order valence-corrected chi connectivity index (χ2v) is 4.94.